The Balaban J connectivity index is 1.76. The summed E-state index contributed by atoms with van der Waals surface area (Å²) in [6, 6.07) is 11.3. The third-order valence-electron chi connectivity index (χ3n) is 5.96. The van der Waals surface area contributed by atoms with Crippen molar-refractivity contribution in [1.29, 1.82) is 0 Å². The van der Waals surface area contributed by atoms with Gasteiger partial charge in [-0.2, -0.15) is 4.98 Å². The molecule has 0 fully saturated rings. The number of aromatic nitrogens is 3. The molecule has 37 heavy (non-hydrogen) atoms. The molecule has 1 aliphatic heterocycles. The summed E-state index contributed by atoms with van der Waals surface area (Å²) in [7, 11) is 1.60. The van der Waals surface area contributed by atoms with Crippen LogP contribution in [0.2, 0.25) is 0 Å². The summed E-state index contributed by atoms with van der Waals surface area (Å²) in [5.41, 5.74) is 4.18. The van der Waals surface area contributed by atoms with Crippen LogP contribution < -0.4 is 14.8 Å². The van der Waals surface area contributed by atoms with Gasteiger partial charge in [0.05, 0.1) is 23.8 Å². The molecule has 0 saturated carbocycles. The number of allylic oxidation sites excluding steroid dienone is 1. The van der Waals surface area contributed by atoms with Gasteiger partial charge in [-0.15, -0.1) is 5.10 Å². The van der Waals surface area contributed by atoms with Crippen LogP contribution in [-0.2, 0) is 16.1 Å². The second-order valence-corrected chi connectivity index (χ2v) is 10.6. The highest BCUT2D eigenvalue weighted by Crippen LogP contribution is 2.43. The molecule has 0 spiro atoms. The zero-order valence-electron chi connectivity index (χ0n) is 21.6. The summed E-state index contributed by atoms with van der Waals surface area (Å²) in [5.74, 6) is 2.14. The summed E-state index contributed by atoms with van der Waals surface area (Å²) in [6.07, 6.45) is 0.730. The van der Waals surface area contributed by atoms with Crippen molar-refractivity contribution in [2.24, 2.45) is 0 Å². The van der Waals surface area contributed by atoms with Crippen molar-refractivity contribution in [2.75, 3.05) is 24.8 Å². The minimum atomic E-state index is -0.560. The number of rotatable bonds is 10. The lowest BCUT2D eigenvalue weighted by atomic mass is 9.95. The number of benzene rings is 2. The molecule has 10 heteroatoms. The highest BCUT2D eigenvalue weighted by Gasteiger charge is 2.36. The third-order valence-corrected chi connectivity index (χ3v) is 7.27. The SMILES string of the molecule is CCCOC(=O)C1=C(C)Nc2nc(SCC)nn2C1c1cc(Br)c(OCc2ccccc2C)c(OC)c1. The average Bonchev–Trinajstić information content (AvgIpc) is 3.28. The molecule has 1 atom stereocenters. The van der Waals surface area contributed by atoms with Gasteiger partial charge in [0.1, 0.15) is 12.6 Å². The van der Waals surface area contributed by atoms with Gasteiger partial charge in [-0.1, -0.05) is 49.9 Å². The predicted molar refractivity (Wildman–Crippen MR) is 148 cm³/mol. The van der Waals surface area contributed by atoms with E-state index in [-0.39, 0.29) is 0 Å². The van der Waals surface area contributed by atoms with Crippen molar-refractivity contribution < 1.29 is 19.0 Å². The minimum absolute atomic E-state index is 0.335. The van der Waals surface area contributed by atoms with Gasteiger partial charge in [0, 0.05) is 5.70 Å². The molecule has 8 nitrogen and oxygen atoms in total. The molecule has 1 unspecified atom stereocenters. The molecule has 196 valence electrons. The van der Waals surface area contributed by atoms with Gasteiger partial charge < -0.3 is 19.5 Å². The number of hydrogen-bond donors (Lipinski definition) is 1. The van der Waals surface area contributed by atoms with Crippen molar-refractivity contribution in [2.45, 2.75) is 51.9 Å². The van der Waals surface area contributed by atoms with Crippen molar-refractivity contribution in [3.05, 3.63) is 68.8 Å². The maximum atomic E-state index is 13.2. The molecule has 2 aromatic carbocycles. The van der Waals surface area contributed by atoms with Crippen molar-refractivity contribution in [1.82, 2.24) is 14.8 Å². The number of fused-ring (bicyclic) bond motifs is 1. The van der Waals surface area contributed by atoms with E-state index >= 15 is 0 Å². The lowest BCUT2D eigenvalue weighted by Crippen LogP contribution is -2.30. The number of halogens is 1. The summed E-state index contributed by atoms with van der Waals surface area (Å²) in [6.45, 7) is 8.65. The number of ether oxygens (including phenoxy) is 3. The Morgan fingerprint density at radius 2 is 2.00 bits per heavy atom. The molecular weight excluding hydrogens is 556 g/mol. The van der Waals surface area contributed by atoms with E-state index in [1.807, 2.05) is 51.1 Å². The Morgan fingerprint density at radius 3 is 2.70 bits per heavy atom. The number of thioether (sulfide) groups is 1. The van der Waals surface area contributed by atoms with Gasteiger partial charge in [0.15, 0.2) is 11.5 Å². The first kappa shape index (κ1) is 27.1. The highest BCUT2D eigenvalue weighted by molar-refractivity contribution is 9.10. The van der Waals surface area contributed by atoms with Crippen LogP contribution >= 0.6 is 27.7 Å². The molecule has 2 heterocycles. The minimum Gasteiger partial charge on any atom is -0.493 e. The number of nitrogens with one attached hydrogen (secondary N) is 1. The molecule has 0 saturated heterocycles. The van der Waals surface area contributed by atoms with E-state index in [0.717, 1.165) is 28.9 Å². The van der Waals surface area contributed by atoms with Crippen LogP contribution in [0.3, 0.4) is 0 Å². The molecule has 1 N–H and O–H groups in total. The number of carbonyl (C=O) groups is 1. The molecule has 4 rings (SSSR count). The second-order valence-electron chi connectivity index (χ2n) is 8.55. The van der Waals surface area contributed by atoms with E-state index in [9.17, 15) is 4.79 Å². The average molecular weight is 588 g/mol. The van der Waals surface area contributed by atoms with Crippen LogP contribution in [0.1, 0.15) is 49.9 Å². The molecule has 0 radical (unpaired) electrons. The molecule has 0 bridgehead atoms. The second kappa shape index (κ2) is 12.0. The Morgan fingerprint density at radius 1 is 1.22 bits per heavy atom. The van der Waals surface area contributed by atoms with Gasteiger partial charge in [-0.25, -0.2) is 9.48 Å². The van der Waals surface area contributed by atoms with Crippen LogP contribution in [0.4, 0.5) is 5.95 Å². The summed E-state index contributed by atoms with van der Waals surface area (Å²) >= 11 is 5.22. The highest BCUT2D eigenvalue weighted by atomic mass is 79.9. The van der Waals surface area contributed by atoms with Gasteiger partial charge >= 0.3 is 5.97 Å². The number of anilines is 1. The van der Waals surface area contributed by atoms with E-state index in [1.165, 1.54) is 11.8 Å². The quantitative estimate of drug-likeness (QED) is 0.219. The number of aryl methyl sites for hydroxylation is 1. The normalized spacial score (nSPS) is 14.7. The van der Waals surface area contributed by atoms with E-state index in [1.54, 1.807) is 11.8 Å². The zero-order valence-corrected chi connectivity index (χ0v) is 24.0. The maximum Gasteiger partial charge on any atom is 0.338 e. The molecule has 3 aromatic rings. The Kier molecular flexibility index (Phi) is 8.81. The number of nitrogens with zero attached hydrogens (tertiary/aromatic N) is 3. The number of esters is 1. The van der Waals surface area contributed by atoms with Crippen LogP contribution in [0, 0.1) is 6.92 Å². The van der Waals surface area contributed by atoms with Gasteiger partial charge in [-0.3, -0.25) is 0 Å². The predicted octanol–water partition coefficient (Wildman–Crippen LogP) is 6.29. The van der Waals surface area contributed by atoms with E-state index in [2.05, 4.69) is 39.2 Å². The lowest BCUT2D eigenvalue weighted by Gasteiger charge is -2.29. The third kappa shape index (κ3) is 5.80. The first-order chi connectivity index (χ1) is 17.9. The fourth-order valence-electron chi connectivity index (χ4n) is 4.13. The number of hydrogen-bond acceptors (Lipinski definition) is 8. The van der Waals surface area contributed by atoms with E-state index in [4.69, 9.17) is 19.3 Å². The van der Waals surface area contributed by atoms with E-state index in [0.29, 0.717) is 51.6 Å². The molecular formula is C27H31BrN4O4S. The van der Waals surface area contributed by atoms with Crippen LogP contribution in [0.25, 0.3) is 0 Å². The summed E-state index contributed by atoms with van der Waals surface area (Å²) in [5, 5.41) is 8.58. The van der Waals surface area contributed by atoms with Crippen LogP contribution in [-0.4, -0.2) is 40.2 Å². The van der Waals surface area contributed by atoms with Gasteiger partial charge in [0.2, 0.25) is 11.1 Å². The lowest BCUT2D eigenvalue weighted by molar-refractivity contribution is -0.139. The number of methoxy groups -OCH3 is 1. The van der Waals surface area contributed by atoms with Crippen molar-refractivity contribution in [3.63, 3.8) is 0 Å². The topological polar surface area (TPSA) is 87.5 Å². The molecule has 0 amide bonds. The summed E-state index contributed by atoms with van der Waals surface area (Å²) in [4.78, 5) is 17.9. The largest absolute Gasteiger partial charge is 0.493 e. The van der Waals surface area contributed by atoms with Gasteiger partial charge in [0.25, 0.3) is 0 Å². The maximum absolute atomic E-state index is 13.2. The Labute approximate surface area is 229 Å². The fourth-order valence-corrected chi connectivity index (χ4v) is 5.26. The Hall–Kier alpha value is -2.98. The summed E-state index contributed by atoms with van der Waals surface area (Å²) < 4.78 is 19.9. The zero-order chi connectivity index (χ0) is 26.5. The first-order valence-corrected chi connectivity index (χ1v) is 13.9. The molecule has 1 aromatic heterocycles. The fraction of sp³-hybridized carbons (Fsp3) is 0.370. The van der Waals surface area contributed by atoms with E-state index < -0.39 is 12.0 Å². The molecule has 1 aliphatic rings. The van der Waals surface area contributed by atoms with Crippen molar-refractivity contribution in [3.8, 4) is 11.5 Å². The van der Waals surface area contributed by atoms with Crippen LogP contribution in [0.15, 0.2) is 57.3 Å². The standard InChI is InChI=1S/C27H31BrN4O4S/c1-6-12-35-25(33)22-17(4)29-26-30-27(37-7-2)31-32(26)23(22)19-13-20(28)24(21(14-19)34-5)36-15-18-11-9-8-10-16(18)3/h8-11,13-14,23H,6-7,12,15H2,1-5H3,(H,29,30,31). The monoisotopic (exact) mass is 586 g/mol. The number of carbonyl (C=O) groups excluding carboxylic acids is 1. The first-order valence-electron chi connectivity index (χ1n) is 12.2. The van der Waals surface area contributed by atoms with Crippen LogP contribution in [0.5, 0.6) is 11.5 Å². The van der Waals surface area contributed by atoms with Gasteiger partial charge in [-0.05, 0) is 70.8 Å². The van der Waals surface area contributed by atoms with Crippen molar-refractivity contribution >= 4 is 39.6 Å². The molecule has 0 aliphatic carbocycles. The smallest absolute Gasteiger partial charge is 0.338 e. The Bertz CT molecular complexity index is 1320.